The van der Waals surface area contributed by atoms with Gasteiger partial charge in [-0.05, 0) is 43.5 Å². The highest BCUT2D eigenvalue weighted by atomic mass is 16.5. The third-order valence-electron chi connectivity index (χ3n) is 4.70. The number of nitrogens with one attached hydrogen (secondary N) is 1. The Morgan fingerprint density at radius 3 is 2.43 bits per heavy atom. The van der Waals surface area contributed by atoms with Crippen LogP contribution in [-0.2, 0) is 16.1 Å². The first-order chi connectivity index (χ1) is 13.5. The van der Waals surface area contributed by atoms with E-state index in [1.54, 1.807) is 24.0 Å². The Hall–Kier alpha value is -2.82. The summed E-state index contributed by atoms with van der Waals surface area (Å²) in [5, 5.41) is 2.92. The summed E-state index contributed by atoms with van der Waals surface area (Å²) < 4.78 is 5.62. The molecule has 2 amide bonds. The first-order valence-corrected chi connectivity index (χ1v) is 9.82. The average Bonchev–Trinajstić information content (AvgIpc) is 2.71. The van der Waals surface area contributed by atoms with Crippen LogP contribution >= 0.6 is 0 Å². The first-order valence-electron chi connectivity index (χ1n) is 9.82. The summed E-state index contributed by atoms with van der Waals surface area (Å²) in [7, 11) is 0. The fourth-order valence-corrected chi connectivity index (χ4v) is 2.83. The van der Waals surface area contributed by atoms with Gasteiger partial charge < -0.3 is 15.0 Å². The van der Waals surface area contributed by atoms with Gasteiger partial charge in [0, 0.05) is 13.1 Å². The molecule has 5 nitrogen and oxygen atoms in total. The van der Waals surface area contributed by atoms with Crippen molar-refractivity contribution in [2.45, 2.75) is 46.2 Å². The van der Waals surface area contributed by atoms with Crippen molar-refractivity contribution >= 4 is 11.8 Å². The zero-order chi connectivity index (χ0) is 20.4. The Morgan fingerprint density at radius 1 is 1.07 bits per heavy atom. The summed E-state index contributed by atoms with van der Waals surface area (Å²) in [4.78, 5) is 27.1. The van der Waals surface area contributed by atoms with E-state index < -0.39 is 6.04 Å². The van der Waals surface area contributed by atoms with E-state index in [9.17, 15) is 9.59 Å². The number of carbonyl (C=O) groups is 2. The average molecular weight is 383 g/mol. The molecule has 5 heteroatoms. The van der Waals surface area contributed by atoms with Gasteiger partial charge >= 0.3 is 0 Å². The molecule has 0 aliphatic heterocycles. The van der Waals surface area contributed by atoms with Gasteiger partial charge in [-0.3, -0.25) is 9.59 Å². The molecule has 0 saturated heterocycles. The van der Waals surface area contributed by atoms with Gasteiger partial charge in [0.1, 0.15) is 11.8 Å². The van der Waals surface area contributed by atoms with E-state index in [0.29, 0.717) is 18.8 Å². The number of rotatable bonds is 10. The number of aryl methyl sites for hydroxylation is 1. The zero-order valence-electron chi connectivity index (χ0n) is 17.0. The van der Waals surface area contributed by atoms with Gasteiger partial charge in [0.2, 0.25) is 5.91 Å². The van der Waals surface area contributed by atoms with Crippen molar-refractivity contribution in [1.29, 1.82) is 0 Å². The Kier molecular flexibility index (Phi) is 8.53. The second-order valence-corrected chi connectivity index (χ2v) is 6.87. The van der Waals surface area contributed by atoms with E-state index in [1.807, 2.05) is 49.4 Å². The number of ether oxygens (including phenoxy) is 1. The Bertz CT molecular complexity index is 761. The minimum atomic E-state index is -0.580. The number of amides is 2. The van der Waals surface area contributed by atoms with E-state index in [0.717, 1.165) is 24.0 Å². The van der Waals surface area contributed by atoms with E-state index in [2.05, 4.69) is 12.2 Å². The number of hydrogen-bond acceptors (Lipinski definition) is 3. The summed E-state index contributed by atoms with van der Waals surface area (Å²) in [6.07, 6.45) is 1.92. The highest BCUT2D eigenvalue weighted by Crippen LogP contribution is 2.15. The molecule has 0 aliphatic rings. The number of nitrogens with zero attached hydrogens (tertiary/aromatic N) is 1. The number of benzene rings is 2. The van der Waals surface area contributed by atoms with Crippen LogP contribution in [-0.4, -0.2) is 35.9 Å². The maximum absolute atomic E-state index is 12.9. The van der Waals surface area contributed by atoms with E-state index in [-0.39, 0.29) is 18.4 Å². The third kappa shape index (κ3) is 6.41. The smallest absolute Gasteiger partial charge is 0.261 e. The molecule has 28 heavy (non-hydrogen) atoms. The quantitative estimate of drug-likeness (QED) is 0.637. The highest BCUT2D eigenvalue weighted by molar-refractivity contribution is 5.87. The van der Waals surface area contributed by atoms with E-state index >= 15 is 0 Å². The van der Waals surface area contributed by atoms with Gasteiger partial charge in [0.05, 0.1) is 0 Å². The molecule has 0 saturated carbocycles. The summed E-state index contributed by atoms with van der Waals surface area (Å²) in [5.41, 5.74) is 2.10. The van der Waals surface area contributed by atoms with Gasteiger partial charge in [-0.25, -0.2) is 0 Å². The largest absolute Gasteiger partial charge is 0.484 e. The van der Waals surface area contributed by atoms with Crippen molar-refractivity contribution < 1.29 is 14.3 Å². The molecule has 0 heterocycles. The summed E-state index contributed by atoms with van der Waals surface area (Å²) in [6.45, 7) is 6.72. The van der Waals surface area contributed by atoms with Crippen molar-refractivity contribution in [3.8, 4) is 5.75 Å². The van der Waals surface area contributed by atoms with Crippen LogP contribution in [0, 0.1) is 6.92 Å². The molecule has 2 aromatic rings. The molecule has 1 N–H and O–H groups in total. The lowest BCUT2D eigenvalue weighted by Crippen LogP contribution is -2.49. The maximum atomic E-state index is 12.9. The number of carbonyl (C=O) groups excluding carboxylic acids is 2. The van der Waals surface area contributed by atoms with Crippen molar-refractivity contribution in [3.63, 3.8) is 0 Å². The Labute approximate surface area is 167 Å². The molecular formula is C23H30N2O3. The van der Waals surface area contributed by atoms with Crippen molar-refractivity contribution in [2.75, 3.05) is 13.2 Å². The van der Waals surface area contributed by atoms with Crippen LogP contribution in [0.2, 0.25) is 0 Å². The normalized spacial score (nSPS) is 11.5. The van der Waals surface area contributed by atoms with Gasteiger partial charge in [-0.15, -0.1) is 0 Å². The molecule has 0 unspecified atom stereocenters. The van der Waals surface area contributed by atoms with Gasteiger partial charge in [0.25, 0.3) is 5.91 Å². The lowest BCUT2D eigenvalue weighted by Gasteiger charge is -2.29. The standard InChI is InChI=1S/C23H30N2O3/c1-4-5-15-24-23(27)19(3)25(16-20-12-10-9-11-18(20)2)22(26)17-28-21-13-7-6-8-14-21/h6-14,19H,4-5,15-17H2,1-3H3,(H,24,27)/t19-/m1/s1. The Balaban J connectivity index is 2.11. The molecule has 0 radical (unpaired) electrons. The molecule has 0 spiro atoms. The van der Waals surface area contributed by atoms with Crippen LogP contribution in [0.15, 0.2) is 54.6 Å². The van der Waals surface area contributed by atoms with Crippen LogP contribution in [0.5, 0.6) is 5.75 Å². The van der Waals surface area contributed by atoms with Crippen molar-refractivity contribution in [2.24, 2.45) is 0 Å². The monoisotopic (exact) mass is 382 g/mol. The van der Waals surface area contributed by atoms with Crippen molar-refractivity contribution in [1.82, 2.24) is 10.2 Å². The summed E-state index contributed by atoms with van der Waals surface area (Å²) in [5.74, 6) is 0.270. The molecular weight excluding hydrogens is 352 g/mol. The fraction of sp³-hybridized carbons (Fsp3) is 0.391. The first kappa shape index (κ1) is 21.5. The Morgan fingerprint density at radius 2 is 1.75 bits per heavy atom. The topological polar surface area (TPSA) is 58.6 Å². The molecule has 0 bridgehead atoms. The lowest BCUT2D eigenvalue weighted by atomic mass is 10.1. The van der Waals surface area contributed by atoms with Gasteiger partial charge in [-0.2, -0.15) is 0 Å². The molecule has 0 aliphatic carbocycles. The minimum Gasteiger partial charge on any atom is -0.484 e. The van der Waals surface area contributed by atoms with E-state index in [4.69, 9.17) is 4.74 Å². The minimum absolute atomic E-state index is 0.109. The molecule has 0 aromatic heterocycles. The van der Waals surface area contributed by atoms with Crippen molar-refractivity contribution in [3.05, 3.63) is 65.7 Å². The number of para-hydroxylation sites is 1. The highest BCUT2D eigenvalue weighted by Gasteiger charge is 2.26. The third-order valence-corrected chi connectivity index (χ3v) is 4.70. The zero-order valence-corrected chi connectivity index (χ0v) is 17.0. The maximum Gasteiger partial charge on any atom is 0.261 e. The van der Waals surface area contributed by atoms with Crippen LogP contribution < -0.4 is 10.1 Å². The second-order valence-electron chi connectivity index (χ2n) is 6.87. The predicted octanol–water partition coefficient (Wildman–Crippen LogP) is 3.71. The fourth-order valence-electron chi connectivity index (χ4n) is 2.83. The van der Waals surface area contributed by atoms with Crippen LogP contribution in [0.1, 0.15) is 37.8 Å². The predicted molar refractivity (Wildman–Crippen MR) is 111 cm³/mol. The summed E-state index contributed by atoms with van der Waals surface area (Å²) >= 11 is 0. The van der Waals surface area contributed by atoms with Gasteiger partial charge in [-0.1, -0.05) is 55.8 Å². The van der Waals surface area contributed by atoms with E-state index in [1.165, 1.54) is 0 Å². The molecule has 1 atom stereocenters. The summed E-state index contributed by atoms with van der Waals surface area (Å²) in [6, 6.07) is 16.5. The molecule has 2 aromatic carbocycles. The number of unbranched alkanes of at least 4 members (excludes halogenated alkanes) is 1. The van der Waals surface area contributed by atoms with Crippen LogP contribution in [0.25, 0.3) is 0 Å². The second kappa shape index (κ2) is 11.1. The van der Waals surface area contributed by atoms with Crippen LogP contribution in [0.3, 0.4) is 0 Å². The lowest BCUT2D eigenvalue weighted by molar-refractivity contribution is -0.142. The number of hydrogen-bond donors (Lipinski definition) is 1. The molecule has 150 valence electrons. The molecule has 2 rings (SSSR count). The molecule has 0 fully saturated rings. The SMILES string of the molecule is CCCCNC(=O)[C@@H](C)N(Cc1ccccc1C)C(=O)COc1ccccc1. The van der Waals surface area contributed by atoms with Gasteiger partial charge in [0.15, 0.2) is 6.61 Å². The van der Waals surface area contributed by atoms with Crippen LogP contribution in [0.4, 0.5) is 0 Å².